The number of nitro benzene ring substituents is 1. The quantitative estimate of drug-likeness (QED) is 0.204. The molecule has 2 aromatic carbocycles. The van der Waals surface area contributed by atoms with E-state index in [1.54, 1.807) is 37.3 Å². The molecule has 0 saturated heterocycles. The van der Waals surface area contributed by atoms with Crippen molar-refractivity contribution < 1.29 is 24.1 Å². The molecule has 31 heavy (non-hydrogen) atoms. The van der Waals surface area contributed by atoms with Crippen molar-refractivity contribution >= 4 is 40.0 Å². The molecule has 0 aliphatic rings. The number of fused-ring (bicyclic) bond motifs is 1. The normalized spacial score (nSPS) is 10.4. The lowest BCUT2D eigenvalue weighted by Crippen LogP contribution is -2.45. The van der Waals surface area contributed by atoms with Crippen molar-refractivity contribution in [1.29, 1.82) is 0 Å². The molecule has 0 aliphatic heterocycles. The van der Waals surface area contributed by atoms with Crippen molar-refractivity contribution in [2.45, 2.75) is 13.3 Å². The van der Waals surface area contributed by atoms with Gasteiger partial charge >= 0.3 is 5.91 Å². The third kappa shape index (κ3) is 4.93. The second kappa shape index (κ2) is 8.91. The zero-order valence-corrected chi connectivity index (χ0v) is 16.2. The van der Waals surface area contributed by atoms with E-state index in [9.17, 15) is 29.3 Å². The lowest BCUT2D eigenvalue weighted by molar-refractivity contribution is -0.384. The van der Waals surface area contributed by atoms with E-state index in [0.717, 1.165) is 12.1 Å². The van der Waals surface area contributed by atoms with Crippen LogP contribution in [0.5, 0.6) is 0 Å². The summed E-state index contributed by atoms with van der Waals surface area (Å²) in [4.78, 5) is 63.0. The summed E-state index contributed by atoms with van der Waals surface area (Å²) in [5.74, 6) is -3.57. The van der Waals surface area contributed by atoms with Crippen LogP contribution in [-0.4, -0.2) is 33.3 Å². The third-order valence-electron chi connectivity index (χ3n) is 4.35. The summed E-state index contributed by atoms with van der Waals surface area (Å²) in [5.41, 5.74) is 5.46. The first-order valence-electron chi connectivity index (χ1n) is 9.04. The molecule has 0 fully saturated rings. The van der Waals surface area contributed by atoms with Gasteiger partial charge < -0.3 is 0 Å². The Kier molecular flexibility index (Phi) is 6.10. The first-order valence-corrected chi connectivity index (χ1v) is 9.04. The van der Waals surface area contributed by atoms with Gasteiger partial charge in [0.1, 0.15) is 0 Å². The molecule has 0 unspecified atom stereocenters. The SMILES string of the molecule is Cc1cc(C(=O)NNC(=O)C(=O)CC(=O)c2ccc([N+](=O)[O-])cc2)c2ccccc2n1. The summed E-state index contributed by atoms with van der Waals surface area (Å²) in [6.45, 7) is 1.72. The topological polar surface area (TPSA) is 148 Å². The number of hydrogen-bond acceptors (Lipinski definition) is 7. The Labute approximate surface area is 175 Å². The number of hydrogen-bond donors (Lipinski definition) is 2. The molecule has 2 N–H and O–H groups in total. The average molecular weight is 420 g/mol. The molecule has 0 aliphatic carbocycles. The molecule has 2 amide bonds. The van der Waals surface area contributed by atoms with E-state index in [1.165, 1.54) is 12.1 Å². The van der Waals surface area contributed by atoms with E-state index >= 15 is 0 Å². The van der Waals surface area contributed by atoms with Crippen LogP contribution in [0.3, 0.4) is 0 Å². The molecule has 3 aromatic rings. The zero-order valence-electron chi connectivity index (χ0n) is 16.2. The van der Waals surface area contributed by atoms with Crippen molar-refractivity contribution in [3.63, 3.8) is 0 Å². The van der Waals surface area contributed by atoms with Gasteiger partial charge in [-0.3, -0.25) is 45.1 Å². The van der Waals surface area contributed by atoms with E-state index in [2.05, 4.69) is 10.4 Å². The highest BCUT2D eigenvalue weighted by Crippen LogP contribution is 2.18. The van der Waals surface area contributed by atoms with Crippen molar-refractivity contribution in [2.75, 3.05) is 0 Å². The lowest BCUT2D eigenvalue weighted by Gasteiger charge is -2.09. The van der Waals surface area contributed by atoms with Crippen LogP contribution in [0.15, 0.2) is 54.6 Å². The number of benzene rings is 2. The maximum atomic E-state index is 12.5. The summed E-state index contributed by atoms with van der Waals surface area (Å²) < 4.78 is 0. The Morgan fingerprint density at radius 1 is 1.00 bits per heavy atom. The second-order valence-electron chi connectivity index (χ2n) is 6.56. The average Bonchev–Trinajstić information content (AvgIpc) is 2.76. The van der Waals surface area contributed by atoms with Gasteiger partial charge in [0, 0.05) is 28.8 Å². The predicted molar refractivity (Wildman–Crippen MR) is 109 cm³/mol. The number of carbonyl (C=O) groups is 4. The van der Waals surface area contributed by atoms with Gasteiger partial charge in [-0.15, -0.1) is 0 Å². The Hall–Kier alpha value is -4.47. The van der Waals surface area contributed by atoms with Crippen LogP contribution in [0.1, 0.15) is 32.8 Å². The minimum atomic E-state index is -1.17. The summed E-state index contributed by atoms with van der Waals surface area (Å²) in [7, 11) is 0. The van der Waals surface area contributed by atoms with Gasteiger partial charge in [0.05, 0.1) is 22.4 Å². The fraction of sp³-hybridized carbons (Fsp3) is 0.0952. The number of non-ortho nitro benzene ring substituents is 1. The standard InChI is InChI=1S/C21H16N4O6/c1-12-10-16(15-4-2-3-5-17(15)22-12)20(28)23-24-21(29)19(27)11-18(26)13-6-8-14(9-7-13)25(30)31/h2-10H,11H2,1H3,(H,23,28)(H,24,29). The summed E-state index contributed by atoms with van der Waals surface area (Å²) in [5, 5.41) is 11.2. The number of nitrogens with one attached hydrogen (secondary N) is 2. The number of aryl methyl sites for hydroxylation is 1. The Morgan fingerprint density at radius 2 is 1.68 bits per heavy atom. The number of hydrazine groups is 1. The first kappa shape index (κ1) is 21.2. The van der Waals surface area contributed by atoms with Crippen LogP contribution in [0, 0.1) is 17.0 Å². The van der Waals surface area contributed by atoms with Crippen molar-refractivity contribution in [2.24, 2.45) is 0 Å². The van der Waals surface area contributed by atoms with Crippen LogP contribution < -0.4 is 10.9 Å². The second-order valence-corrected chi connectivity index (χ2v) is 6.56. The number of nitrogens with zero attached hydrogens (tertiary/aromatic N) is 2. The third-order valence-corrected chi connectivity index (χ3v) is 4.35. The van der Waals surface area contributed by atoms with Crippen molar-refractivity contribution in [1.82, 2.24) is 15.8 Å². The highest BCUT2D eigenvalue weighted by atomic mass is 16.6. The number of aromatic nitrogens is 1. The molecule has 1 heterocycles. The molecular weight excluding hydrogens is 404 g/mol. The Balaban J connectivity index is 1.61. The number of rotatable bonds is 6. The summed E-state index contributed by atoms with van der Waals surface area (Å²) in [6.07, 6.45) is -0.753. The van der Waals surface area contributed by atoms with Crippen LogP contribution in [0.4, 0.5) is 5.69 Å². The van der Waals surface area contributed by atoms with Crippen LogP contribution in [0.25, 0.3) is 10.9 Å². The van der Waals surface area contributed by atoms with Crippen LogP contribution >= 0.6 is 0 Å². The molecule has 0 bridgehead atoms. The monoisotopic (exact) mass is 420 g/mol. The number of nitro groups is 1. The molecule has 1 aromatic heterocycles. The molecule has 10 nitrogen and oxygen atoms in total. The number of Topliss-reactive ketones (excluding diaryl/α,β-unsaturated/α-hetero) is 2. The highest BCUT2D eigenvalue weighted by Gasteiger charge is 2.21. The van der Waals surface area contributed by atoms with Gasteiger partial charge in [-0.25, -0.2) is 0 Å². The highest BCUT2D eigenvalue weighted by molar-refractivity contribution is 6.40. The van der Waals surface area contributed by atoms with Crippen molar-refractivity contribution in [3.8, 4) is 0 Å². The molecule has 3 rings (SSSR count). The molecule has 156 valence electrons. The molecular formula is C21H16N4O6. The fourth-order valence-corrected chi connectivity index (χ4v) is 2.84. The van der Waals surface area contributed by atoms with Gasteiger partial charge in [-0.05, 0) is 31.2 Å². The van der Waals surface area contributed by atoms with Gasteiger partial charge in [0.15, 0.2) is 5.78 Å². The number of carbonyl (C=O) groups excluding carboxylic acids is 4. The van der Waals surface area contributed by atoms with Gasteiger partial charge in [0.25, 0.3) is 11.6 Å². The van der Waals surface area contributed by atoms with Gasteiger partial charge in [-0.1, -0.05) is 18.2 Å². The fourth-order valence-electron chi connectivity index (χ4n) is 2.84. The number of ketones is 2. The molecule has 0 spiro atoms. The Morgan fingerprint density at radius 3 is 2.35 bits per heavy atom. The van der Waals surface area contributed by atoms with E-state index < -0.39 is 34.7 Å². The molecule has 0 radical (unpaired) electrons. The first-order chi connectivity index (χ1) is 14.8. The Bertz CT molecular complexity index is 1220. The molecule has 10 heteroatoms. The van der Waals surface area contributed by atoms with Crippen molar-refractivity contribution in [3.05, 3.63) is 81.5 Å². The van der Waals surface area contributed by atoms with E-state index in [4.69, 9.17) is 0 Å². The van der Waals surface area contributed by atoms with E-state index in [-0.39, 0.29) is 16.8 Å². The summed E-state index contributed by atoms with van der Waals surface area (Å²) in [6, 6.07) is 13.1. The van der Waals surface area contributed by atoms with Gasteiger partial charge in [0.2, 0.25) is 5.78 Å². The largest absolute Gasteiger partial charge is 0.306 e. The lowest BCUT2D eigenvalue weighted by atomic mass is 10.1. The molecule has 0 saturated carbocycles. The van der Waals surface area contributed by atoms with E-state index in [1.807, 2.05) is 5.43 Å². The predicted octanol–water partition coefficient (Wildman–Crippen LogP) is 2.05. The maximum absolute atomic E-state index is 12.5. The van der Waals surface area contributed by atoms with Crippen LogP contribution in [0.2, 0.25) is 0 Å². The smallest absolute Gasteiger partial charge is 0.294 e. The van der Waals surface area contributed by atoms with E-state index in [0.29, 0.717) is 16.6 Å². The maximum Gasteiger partial charge on any atom is 0.306 e. The zero-order chi connectivity index (χ0) is 22.5. The van der Waals surface area contributed by atoms with Crippen LogP contribution in [-0.2, 0) is 9.59 Å². The number of amides is 2. The number of para-hydroxylation sites is 1. The van der Waals surface area contributed by atoms with Gasteiger partial charge in [-0.2, -0.15) is 0 Å². The summed E-state index contributed by atoms with van der Waals surface area (Å²) >= 11 is 0. The minimum Gasteiger partial charge on any atom is -0.294 e. The number of pyridine rings is 1. The minimum absolute atomic E-state index is 0.0505. The molecule has 0 atom stereocenters.